The van der Waals surface area contributed by atoms with Crippen LogP contribution in [-0.2, 0) is 22.5 Å². The molecule has 3 aliphatic heterocycles. The molecule has 1 N–H and O–H groups in total. The summed E-state index contributed by atoms with van der Waals surface area (Å²) in [5.41, 5.74) is 4.41. The smallest absolute Gasteiger partial charge is 0.410 e. The summed E-state index contributed by atoms with van der Waals surface area (Å²) in [6.07, 6.45) is 4.25. The number of nitrogens with zero attached hydrogens (tertiary/aromatic N) is 7. The summed E-state index contributed by atoms with van der Waals surface area (Å²) in [4.78, 5) is 29.1. The number of aromatic nitrogens is 4. The highest BCUT2D eigenvalue weighted by Gasteiger charge is 2.37. The molecular formula is C32H42N8O4. The molecule has 3 aromatic rings. The summed E-state index contributed by atoms with van der Waals surface area (Å²) in [5, 5.41) is 18.0. The van der Waals surface area contributed by atoms with Crippen LogP contribution in [-0.4, -0.2) is 93.6 Å². The highest BCUT2D eigenvalue weighted by molar-refractivity contribution is 5.83. The van der Waals surface area contributed by atoms with E-state index < -0.39 is 11.7 Å². The van der Waals surface area contributed by atoms with Gasteiger partial charge in [0.05, 0.1) is 48.7 Å². The zero-order valence-corrected chi connectivity index (χ0v) is 26.3. The molecule has 1 unspecified atom stereocenters. The first-order valence-corrected chi connectivity index (χ1v) is 15.5. The maximum atomic E-state index is 13.0. The highest BCUT2D eigenvalue weighted by atomic mass is 16.6. The second kappa shape index (κ2) is 12.2. The molecule has 0 aliphatic carbocycles. The summed E-state index contributed by atoms with van der Waals surface area (Å²) in [5.74, 6) is 0.744. The SMILES string of the molecule is Cc1ccc2[nH]ncc2c1C1Cc2nc(OC[C@@H]3CCCN3C)nc(N3CCN(C(=O)OC(C)(C)C)[C@@H](CC#N)C3)c2CO1. The van der Waals surface area contributed by atoms with Crippen LogP contribution in [0, 0.1) is 18.3 Å². The van der Waals surface area contributed by atoms with Gasteiger partial charge in [0.1, 0.15) is 18.0 Å². The van der Waals surface area contributed by atoms with Crippen LogP contribution in [0.5, 0.6) is 6.01 Å². The van der Waals surface area contributed by atoms with Gasteiger partial charge in [0, 0.05) is 43.0 Å². The first-order chi connectivity index (χ1) is 21.1. The standard InChI is InChI=1S/C32H42N8O4/c1-20-8-9-25-23(16-34-37-25)28(20)27-15-26-24(19-42-27)29(36-30(35-26)43-18-22-7-6-12-38(22)5)39-13-14-40(21(17-39)10-11-33)31(41)44-32(2,3)4/h8-9,16,21-22,27H,6-7,10,12-15,17-19H2,1-5H3,(H,34,37)/t21-,22-,27?/m0/s1. The third kappa shape index (κ3) is 6.16. The van der Waals surface area contributed by atoms with E-state index in [1.165, 1.54) is 0 Å². The molecule has 0 bridgehead atoms. The number of rotatable bonds is 6. The van der Waals surface area contributed by atoms with Crippen molar-refractivity contribution in [2.45, 2.75) is 83.8 Å². The topological polar surface area (TPSA) is 133 Å². The number of aryl methyl sites for hydroxylation is 1. The number of fused-ring (bicyclic) bond motifs is 2. The van der Waals surface area contributed by atoms with Crippen LogP contribution in [0.4, 0.5) is 10.6 Å². The van der Waals surface area contributed by atoms with Gasteiger partial charge in [0.2, 0.25) is 0 Å². The largest absolute Gasteiger partial charge is 0.462 e. The van der Waals surface area contributed by atoms with Crippen LogP contribution in [0.2, 0.25) is 0 Å². The third-order valence-electron chi connectivity index (χ3n) is 8.88. The molecule has 1 aromatic carbocycles. The molecule has 2 fully saturated rings. The van der Waals surface area contributed by atoms with E-state index in [-0.39, 0.29) is 18.6 Å². The summed E-state index contributed by atoms with van der Waals surface area (Å²) < 4.78 is 18.5. The van der Waals surface area contributed by atoms with Gasteiger partial charge in [0.25, 0.3) is 0 Å². The van der Waals surface area contributed by atoms with E-state index in [1.807, 2.05) is 33.0 Å². The Labute approximate surface area is 258 Å². The van der Waals surface area contributed by atoms with E-state index in [1.54, 1.807) is 4.90 Å². The minimum atomic E-state index is -0.621. The van der Waals surface area contributed by atoms with Gasteiger partial charge in [-0.3, -0.25) is 5.10 Å². The second-order valence-corrected chi connectivity index (χ2v) is 13.1. The van der Waals surface area contributed by atoms with Crippen molar-refractivity contribution in [3.63, 3.8) is 0 Å². The Morgan fingerprint density at radius 3 is 2.80 bits per heavy atom. The zero-order chi connectivity index (χ0) is 31.0. The van der Waals surface area contributed by atoms with E-state index in [0.717, 1.165) is 58.5 Å². The number of nitrogens with one attached hydrogen (secondary N) is 1. The Balaban J connectivity index is 1.31. The van der Waals surface area contributed by atoms with Crippen molar-refractivity contribution in [1.82, 2.24) is 30.0 Å². The van der Waals surface area contributed by atoms with Gasteiger partial charge < -0.3 is 28.9 Å². The second-order valence-electron chi connectivity index (χ2n) is 13.1. The monoisotopic (exact) mass is 602 g/mol. The van der Waals surface area contributed by atoms with Crippen LogP contribution in [0.1, 0.15) is 68.5 Å². The van der Waals surface area contributed by atoms with Crippen molar-refractivity contribution < 1.29 is 19.0 Å². The van der Waals surface area contributed by atoms with E-state index in [4.69, 9.17) is 24.2 Å². The molecule has 3 aliphatic rings. The van der Waals surface area contributed by atoms with E-state index in [0.29, 0.717) is 51.3 Å². The fraction of sp³-hybridized carbons (Fsp3) is 0.594. The lowest BCUT2D eigenvalue weighted by molar-refractivity contribution is 0.0140. The molecule has 12 heteroatoms. The zero-order valence-electron chi connectivity index (χ0n) is 26.3. The van der Waals surface area contributed by atoms with Gasteiger partial charge in [-0.2, -0.15) is 20.3 Å². The van der Waals surface area contributed by atoms with E-state index >= 15 is 0 Å². The Morgan fingerprint density at radius 1 is 1.20 bits per heavy atom. The molecule has 0 spiro atoms. The number of likely N-dealkylation sites (tertiary alicyclic amines) is 1. The molecule has 2 aromatic heterocycles. The molecule has 3 atom stereocenters. The van der Waals surface area contributed by atoms with Crippen LogP contribution < -0.4 is 9.64 Å². The predicted molar refractivity (Wildman–Crippen MR) is 164 cm³/mol. The molecule has 0 radical (unpaired) electrons. The minimum absolute atomic E-state index is 0.187. The highest BCUT2D eigenvalue weighted by Crippen LogP contribution is 2.39. The maximum Gasteiger partial charge on any atom is 0.410 e. The average Bonchev–Trinajstić information content (AvgIpc) is 3.63. The van der Waals surface area contributed by atoms with Gasteiger partial charge in [-0.25, -0.2) is 4.79 Å². The number of benzene rings is 1. The lowest BCUT2D eigenvalue weighted by atomic mass is 9.93. The number of amides is 1. The number of hydrogen-bond acceptors (Lipinski definition) is 10. The van der Waals surface area contributed by atoms with Crippen molar-refractivity contribution in [1.29, 1.82) is 5.26 Å². The molecular weight excluding hydrogens is 560 g/mol. The number of ether oxygens (including phenoxy) is 3. The summed E-state index contributed by atoms with van der Waals surface area (Å²) in [6, 6.07) is 6.72. The first-order valence-electron chi connectivity index (χ1n) is 15.5. The van der Waals surface area contributed by atoms with Gasteiger partial charge >= 0.3 is 12.1 Å². The fourth-order valence-electron chi connectivity index (χ4n) is 6.57. The minimum Gasteiger partial charge on any atom is -0.462 e. The van der Waals surface area contributed by atoms with Crippen LogP contribution >= 0.6 is 0 Å². The molecule has 0 saturated carbocycles. The van der Waals surface area contributed by atoms with Gasteiger partial charge in [-0.1, -0.05) is 6.07 Å². The molecule has 44 heavy (non-hydrogen) atoms. The Kier molecular flexibility index (Phi) is 8.35. The lowest BCUT2D eigenvalue weighted by Gasteiger charge is -2.42. The number of likely N-dealkylation sites (N-methyl/N-ethyl adjacent to an activating group) is 1. The average molecular weight is 603 g/mol. The molecule has 5 heterocycles. The van der Waals surface area contributed by atoms with Crippen molar-refractivity contribution in [2.24, 2.45) is 0 Å². The van der Waals surface area contributed by atoms with Crippen molar-refractivity contribution >= 4 is 22.8 Å². The number of aromatic amines is 1. The first kappa shape index (κ1) is 30.1. The Bertz CT molecular complexity index is 1560. The number of piperazine rings is 1. The normalized spacial score (nSPS) is 22.6. The number of hydrogen-bond donors (Lipinski definition) is 1. The summed E-state index contributed by atoms with van der Waals surface area (Å²) in [7, 11) is 2.13. The molecule has 6 rings (SSSR count). The molecule has 234 valence electrons. The summed E-state index contributed by atoms with van der Waals surface area (Å²) >= 11 is 0. The number of carbonyl (C=O) groups is 1. The van der Waals surface area contributed by atoms with Gasteiger partial charge in [-0.05, 0) is 71.3 Å². The maximum absolute atomic E-state index is 13.0. The van der Waals surface area contributed by atoms with Crippen LogP contribution in [0.25, 0.3) is 10.9 Å². The molecule has 2 saturated heterocycles. The molecule has 1 amide bonds. The summed E-state index contributed by atoms with van der Waals surface area (Å²) in [6.45, 7) is 10.9. The molecule has 12 nitrogen and oxygen atoms in total. The van der Waals surface area contributed by atoms with E-state index in [2.05, 4.69) is 46.1 Å². The van der Waals surface area contributed by atoms with Crippen LogP contribution in [0.15, 0.2) is 18.3 Å². The third-order valence-corrected chi connectivity index (χ3v) is 8.88. The lowest BCUT2D eigenvalue weighted by Crippen LogP contribution is -2.56. The number of anilines is 1. The van der Waals surface area contributed by atoms with Crippen molar-refractivity contribution in [3.8, 4) is 12.1 Å². The van der Waals surface area contributed by atoms with E-state index in [9.17, 15) is 10.1 Å². The number of H-pyrrole nitrogens is 1. The Hall–Kier alpha value is -3.95. The van der Waals surface area contributed by atoms with Crippen molar-refractivity contribution in [2.75, 3.05) is 44.7 Å². The predicted octanol–water partition coefficient (Wildman–Crippen LogP) is 4.29. The number of nitriles is 1. The van der Waals surface area contributed by atoms with Crippen LogP contribution in [0.3, 0.4) is 0 Å². The fourth-order valence-corrected chi connectivity index (χ4v) is 6.57. The van der Waals surface area contributed by atoms with Gasteiger partial charge in [-0.15, -0.1) is 0 Å². The Morgan fingerprint density at radius 2 is 2.05 bits per heavy atom. The van der Waals surface area contributed by atoms with Crippen molar-refractivity contribution in [3.05, 3.63) is 40.7 Å². The quantitative estimate of drug-likeness (QED) is 0.436. The van der Waals surface area contributed by atoms with Gasteiger partial charge in [0.15, 0.2) is 0 Å². The number of carbonyl (C=O) groups excluding carboxylic acids is 1.